The van der Waals surface area contributed by atoms with Crippen LogP contribution in [-0.4, -0.2) is 50.2 Å². The Balaban J connectivity index is 2.49. The molecule has 0 aliphatic heterocycles. The Bertz CT molecular complexity index is 797. The van der Waals surface area contributed by atoms with Crippen molar-refractivity contribution in [1.29, 1.82) is 0 Å². The molecule has 0 saturated carbocycles. The molecule has 0 N–H and O–H groups in total. The summed E-state index contributed by atoms with van der Waals surface area (Å²) in [6.07, 6.45) is 0. The number of carbonyl (C=O) groups excluding carboxylic acids is 2. The van der Waals surface area contributed by atoms with Gasteiger partial charge in [0, 0.05) is 24.9 Å². The van der Waals surface area contributed by atoms with Gasteiger partial charge in [0.15, 0.2) is 6.79 Å². The minimum atomic E-state index is -0.559. The Morgan fingerprint density at radius 2 is 1.71 bits per heavy atom. The average Bonchev–Trinajstić information content (AvgIpc) is 3.00. The lowest BCUT2D eigenvalue weighted by molar-refractivity contribution is -0.0441. The third-order valence-corrected chi connectivity index (χ3v) is 4.28. The Morgan fingerprint density at radius 3 is 2.32 bits per heavy atom. The predicted molar refractivity (Wildman–Crippen MR) is 104 cm³/mol. The van der Waals surface area contributed by atoms with E-state index in [2.05, 4.69) is 0 Å². The maximum atomic E-state index is 12.9. The van der Waals surface area contributed by atoms with Crippen molar-refractivity contribution in [2.45, 2.75) is 27.3 Å². The first-order valence-electron chi connectivity index (χ1n) is 9.26. The number of rotatable bonds is 10. The molecule has 0 radical (unpaired) electrons. The molecule has 0 fully saturated rings. The van der Waals surface area contributed by atoms with Crippen LogP contribution in [0.4, 0.5) is 0 Å². The Kier molecular flexibility index (Phi) is 8.22. The van der Waals surface area contributed by atoms with E-state index in [4.69, 9.17) is 18.9 Å². The van der Waals surface area contributed by atoms with Gasteiger partial charge < -0.3 is 23.5 Å². The van der Waals surface area contributed by atoms with Crippen LogP contribution in [0.1, 0.15) is 40.4 Å². The lowest BCUT2D eigenvalue weighted by Crippen LogP contribution is -2.16. The maximum absolute atomic E-state index is 12.9. The number of aromatic nitrogens is 1. The molecule has 0 aliphatic carbocycles. The molecule has 0 amide bonds. The van der Waals surface area contributed by atoms with E-state index in [0.29, 0.717) is 42.3 Å². The molecular weight excluding hydrogens is 362 g/mol. The standard InChI is InChI=1S/C21H27NO6/c1-5-22-15(3)17(20(23)27-6-2)18(16-10-8-7-9-11-16)19(22)21(24)28-14-26-13-12-25-4/h7-11H,5-6,12-14H2,1-4H3. The van der Waals surface area contributed by atoms with Gasteiger partial charge in [0.1, 0.15) is 5.69 Å². The number of hydrogen-bond donors (Lipinski definition) is 0. The van der Waals surface area contributed by atoms with Gasteiger partial charge in [0.2, 0.25) is 0 Å². The second-order valence-corrected chi connectivity index (χ2v) is 5.97. The van der Waals surface area contributed by atoms with Gasteiger partial charge >= 0.3 is 11.9 Å². The molecule has 28 heavy (non-hydrogen) atoms. The molecular formula is C21H27NO6. The molecule has 0 bridgehead atoms. The topological polar surface area (TPSA) is 76.0 Å². The van der Waals surface area contributed by atoms with Crippen LogP contribution >= 0.6 is 0 Å². The zero-order chi connectivity index (χ0) is 20.5. The third-order valence-electron chi connectivity index (χ3n) is 4.28. The molecule has 0 spiro atoms. The van der Waals surface area contributed by atoms with Crippen molar-refractivity contribution in [1.82, 2.24) is 4.57 Å². The van der Waals surface area contributed by atoms with Crippen LogP contribution in [0.15, 0.2) is 30.3 Å². The van der Waals surface area contributed by atoms with Crippen LogP contribution in [-0.2, 0) is 25.5 Å². The third kappa shape index (κ3) is 4.79. The highest BCUT2D eigenvalue weighted by Crippen LogP contribution is 2.34. The highest BCUT2D eigenvalue weighted by molar-refractivity contribution is 6.06. The minimum absolute atomic E-state index is 0.195. The van der Waals surface area contributed by atoms with E-state index in [0.717, 1.165) is 5.56 Å². The summed E-state index contributed by atoms with van der Waals surface area (Å²) in [5.74, 6) is -1.02. The first-order chi connectivity index (χ1) is 13.6. The molecule has 1 aromatic heterocycles. The zero-order valence-electron chi connectivity index (χ0n) is 16.8. The highest BCUT2D eigenvalue weighted by atomic mass is 16.7. The monoisotopic (exact) mass is 389 g/mol. The second kappa shape index (κ2) is 10.6. The normalized spacial score (nSPS) is 10.7. The largest absolute Gasteiger partial charge is 0.462 e. The first kappa shape index (κ1) is 21.7. The number of carbonyl (C=O) groups is 2. The van der Waals surface area contributed by atoms with Crippen molar-refractivity contribution in [3.63, 3.8) is 0 Å². The van der Waals surface area contributed by atoms with E-state index in [1.54, 1.807) is 25.5 Å². The van der Waals surface area contributed by atoms with Crippen molar-refractivity contribution in [2.75, 3.05) is 33.7 Å². The van der Waals surface area contributed by atoms with Crippen molar-refractivity contribution < 1.29 is 28.5 Å². The Labute approximate surface area is 165 Å². The fourth-order valence-electron chi connectivity index (χ4n) is 3.05. The Hall–Kier alpha value is -2.64. The van der Waals surface area contributed by atoms with Crippen LogP contribution in [0.3, 0.4) is 0 Å². The maximum Gasteiger partial charge on any atom is 0.357 e. The van der Waals surface area contributed by atoms with E-state index in [9.17, 15) is 9.59 Å². The minimum Gasteiger partial charge on any atom is -0.462 e. The fraction of sp³-hybridized carbons (Fsp3) is 0.429. The molecule has 7 nitrogen and oxygen atoms in total. The molecule has 0 aliphatic rings. The van der Waals surface area contributed by atoms with Gasteiger partial charge in [-0.2, -0.15) is 0 Å². The predicted octanol–water partition coefficient (Wildman–Crippen LogP) is 3.44. The van der Waals surface area contributed by atoms with E-state index in [1.807, 2.05) is 37.3 Å². The number of esters is 2. The van der Waals surface area contributed by atoms with Crippen LogP contribution in [0, 0.1) is 6.92 Å². The van der Waals surface area contributed by atoms with Gasteiger partial charge in [0.05, 0.1) is 25.4 Å². The number of nitrogens with zero attached hydrogens (tertiary/aromatic N) is 1. The number of hydrogen-bond acceptors (Lipinski definition) is 6. The van der Waals surface area contributed by atoms with Gasteiger partial charge in [-0.05, 0) is 26.3 Å². The first-order valence-corrected chi connectivity index (χ1v) is 9.26. The van der Waals surface area contributed by atoms with Crippen molar-refractivity contribution >= 4 is 11.9 Å². The zero-order valence-corrected chi connectivity index (χ0v) is 16.8. The van der Waals surface area contributed by atoms with Gasteiger partial charge in [-0.15, -0.1) is 0 Å². The summed E-state index contributed by atoms with van der Waals surface area (Å²) in [5, 5.41) is 0. The number of methoxy groups -OCH3 is 1. The lowest BCUT2D eigenvalue weighted by Gasteiger charge is -2.11. The molecule has 152 valence electrons. The Morgan fingerprint density at radius 1 is 1.00 bits per heavy atom. The van der Waals surface area contributed by atoms with E-state index >= 15 is 0 Å². The SMILES string of the molecule is CCOC(=O)c1c(-c2ccccc2)c(C(=O)OCOCCOC)n(CC)c1C. The summed E-state index contributed by atoms with van der Waals surface area (Å²) in [6, 6.07) is 9.28. The van der Waals surface area contributed by atoms with Gasteiger partial charge in [0.25, 0.3) is 0 Å². The van der Waals surface area contributed by atoms with Gasteiger partial charge in [-0.1, -0.05) is 30.3 Å². The lowest BCUT2D eigenvalue weighted by atomic mass is 10.00. The van der Waals surface area contributed by atoms with E-state index in [-0.39, 0.29) is 13.4 Å². The summed E-state index contributed by atoms with van der Waals surface area (Å²) < 4.78 is 22.4. The van der Waals surface area contributed by atoms with Gasteiger partial charge in [-0.3, -0.25) is 0 Å². The smallest absolute Gasteiger partial charge is 0.357 e. The molecule has 1 heterocycles. The quantitative estimate of drug-likeness (QED) is 0.352. The van der Waals surface area contributed by atoms with Gasteiger partial charge in [-0.25, -0.2) is 9.59 Å². The molecule has 2 rings (SSSR count). The fourth-order valence-corrected chi connectivity index (χ4v) is 3.05. The summed E-state index contributed by atoms with van der Waals surface area (Å²) >= 11 is 0. The summed E-state index contributed by atoms with van der Waals surface area (Å²) in [7, 11) is 1.56. The van der Waals surface area contributed by atoms with Crippen LogP contribution in [0.2, 0.25) is 0 Å². The molecule has 1 aromatic carbocycles. The molecule has 2 aromatic rings. The van der Waals surface area contributed by atoms with Crippen LogP contribution in [0.5, 0.6) is 0 Å². The van der Waals surface area contributed by atoms with Crippen LogP contribution < -0.4 is 0 Å². The summed E-state index contributed by atoms with van der Waals surface area (Å²) in [4.78, 5) is 25.6. The van der Waals surface area contributed by atoms with Crippen molar-refractivity contribution in [3.05, 3.63) is 47.3 Å². The number of ether oxygens (including phenoxy) is 4. The highest BCUT2D eigenvalue weighted by Gasteiger charge is 2.30. The summed E-state index contributed by atoms with van der Waals surface area (Å²) in [5.41, 5.74) is 2.60. The van der Waals surface area contributed by atoms with Crippen molar-refractivity contribution in [3.8, 4) is 11.1 Å². The molecule has 0 unspecified atom stereocenters. The molecule has 7 heteroatoms. The summed E-state index contributed by atoms with van der Waals surface area (Å²) in [6.45, 7) is 6.73. The molecule has 0 atom stereocenters. The second-order valence-electron chi connectivity index (χ2n) is 5.97. The van der Waals surface area contributed by atoms with E-state index in [1.165, 1.54) is 0 Å². The number of benzene rings is 1. The van der Waals surface area contributed by atoms with Crippen molar-refractivity contribution in [2.24, 2.45) is 0 Å². The van der Waals surface area contributed by atoms with Crippen LogP contribution in [0.25, 0.3) is 11.1 Å². The average molecular weight is 389 g/mol. The molecule has 0 saturated heterocycles. The van der Waals surface area contributed by atoms with E-state index < -0.39 is 11.9 Å².